The summed E-state index contributed by atoms with van der Waals surface area (Å²) in [7, 11) is 1.66. The van der Waals surface area contributed by atoms with Gasteiger partial charge in [-0.3, -0.25) is 9.69 Å². The molecule has 1 aromatic carbocycles. The van der Waals surface area contributed by atoms with Crippen LogP contribution in [0.1, 0.15) is 32.4 Å². The molecule has 0 aliphatic rings. The number of rotatable bonds is 7. The van der Waals surface area contributed by atoms with Crippen LogP contribution in [0, 0.1) is 0 Å². The molecule has 0 aromatic heterocycles. The molecule has 1 atom stereocenters. The molecule has 0 spiro atoms. The van der Waals surface area contributed by atoms with Crippen molar-refractivity contribution in [2.75, 3.05) is 26.7 Å². The second kappa shape index (κ2) is 7.79. The van der Waals surface area contributed by atoms with Gasteiger partial charge in [-0.15, -0.1) is 0 Å². The second-order valence-electron chi connectivity index (χ2n) is 4.45. The Morgan fingerprint density at radius 1 is 1.26 bits per heavy atom. The summed E-state index contributed by atoms with van der Waals surface area (Å²) in [6.45, 7) is 8.35. The molecule has 4 heteroatoms. The smallest absolute Gasteiger partial charge is 0.216 e. The molecular formula is C15H24N2O2. The number of hydrogen-bond acceptors (Lipinski definition) is 3. The van der Waals surface area contributed by atoms with Crippen LogP contribution < -0.4 is 10.1 Å². The van der Waals surface area contributed by atoms with Gasteiger partial charge in [-0.2, -0.15) is 0 Å². The highest BCUT2D eigenvalue weighted by atomic mass is 16.5. The molecule has 0 saturated heterocycles. The number of benzene rings is 1. The summed E-state index contributed by atoms with van der Waals surface area (Å²) in [6, 6.07) is 8.23. The van der Waals surface area contributed by atoms with Gasteiger partial charge in [0.2, 0.25) is 5.91 Å². The van der Waals surface area contributed by atoms with Gasteiger partial charge in [0.15, 0.2) is 0 Å². The molecule has 0 heterocycles. The average molecular weight is 264 g/mol. The molecule has 19 heavy (non-hydrogen) atoms. The largest absolute Gasteiger partial charge is 0.497 e. The molecule has 4 nitrogen and oxygen atoms in total. The normalized spacial score (nSPS) is 12.3. The zero-order valence-electron chi connectivity index (χ0n) is 12.3. The fraction of sp³-hybridized carbons (Fsp3) is 0.533. The Bertz CT molecular complexity index is 386. The van der Waals surface area contributed by atoms with E-state index in [9.17, 15) is 4.79 Å². The van der Waals surface area contributed by atoms with Gasteiger partial charge in [-0.25, -0.2) is 0 Å². The third-order valence-electron chi connectivity index (χ3n) is 3.30. The lowest BCUT2D eigenvalue weighted by Gasteiger charge is -2.30. The van der Waals surface area contributed by atoms with Gasteiger partial charge in [-0.1, -0.05) is 26.0 Å². The van der Waals surface area contributed by atoms with E-state index in [-0.39, 0.29) is 11.9 Å². The highest BCUT2D eigenvalue weighted by Crippen LogP contribution is 2.22. The van der Waals surface area contributed by atoms with Gasteiger partial charge in [0.1, 0.15) is 5.75 Å². The molecule has 0 fully saturated rings. The first-order chi connectivity index (χ1) is 9.12. The SMILES string of the molecule is CCN(CC)C(CNC(C)=O)c1ccc(OC)cc1. The number of hydrogen-bond donors (Lipinski definition) is 1. The quantitative estimate of drug-likeness (QED) is 0.821. The first-order valence-corrected chi connectivity index (χ1v) is 6.74. The van der Waals surface area contributed by atoms with E-state index in [0.717, 1.165) is 18.8 Å². The van der Waals surface area contributed by atoms with Crippen molar-refractivity contribution in [3.05, 3.63) is 29.8 Å². The van der Waals surface area contributed by atoms with E-state index in [1.165, 1.54) is 5.56 Å². The van der Waals surface area contributed by atoms with Crippen LogP contribution >= 0.6 is 0 Å². The van der Waals surface area contributed by atoms with Gasteiger partial charge < -0.3 is 10.1 Å². The molecule has 106 valence electrons. The summed E-state index contributed by atoms with van der Waals surface area (Å²) in [5.41, 5.74) is 1.19. The van der Waals surface area contributed by atoms with Crippen LogP contribution in [0.15, 0.2) is 24.3 Å². The van der Waals surface area contributed by atoms with Crippen molar-refractivity contribution in [3.63, 3.8) is 0 Å². The molecule has 1 unspecified atom stereocenters. The molecule has 0 aliphatic heterocycles. The van der Waals surface area contributed by atoms with E-state index in [0.29, 0.717) is 6.54 Å². The van der Waals surface area contributed by atoms with Crippen molar-refractivity contribution < 1.29 is 9.53 Å². The minimum atomic E-state index is 0.00525. The number of carbonyl (C=O) groups excluding carboxylic acids is 1. The zero-order chi connectivity index (χ0) is 14.3. The second-order valence-corrected chi connectivity index (χ2v) is 4.45. The number of nitrogens with one attached hydrogen (secondary N) is 1. The maximum atomic E-state index is 11.1. The van der Waals surface area contributed by atoms with E-state index in [1.54, 1.807) is 14.0 Å². The lowest BCUT2D eigenvalue weighted by atomic mass is 10.0. The minimum absolute atomic E-state index is 0.00525. The lowest BCUT2D eigenvalue weighted by Crippen LogP contribution is -2.37. The summed E-state index contributed by atoms with van der Waals surface area (Å²) in [5, 5.41) is 2.91. The predicted molar refractivity (Wildman–Crippen MR) is 77.3 cm³/mol. The number of likely N-dealkylation sites (N-methyl/N-ethyl adjacent to an activating group) is 1. The van der Waals surface area contributed by atoms with Crippen molar-refractivity contribution in [3.8, 4) is 5.75 Å². The van der Waals surface area contributed by atoms with E-state index in [2.05, 4.69) is 36.2 Å². The van der Waals surface area contributed by atoms with E-state index >= 15 is 0 Å². The van der Waals surface area contributed by atoms with Crippen LogP contribution in [0.4, 0.5) is 0 Å². The molecule has 0 saturated carbocycles. The van der Waals surface area contributed by atoms with Crippen molar-refractivity contribution >= 4 is 5.91 Å². The van der Waals surface area contributed by atoms with Crippen molar-refractivity contribution in [2.45, 2.75) is 26.8 Å². The minimum Gasteiger partial charge on any atom is -0.497 e. The Labute approximate surface area is 115 Å². The van der Waals surface area contributed by atoms with Gasteiger partial charge in [0.25, 0.3) is 0 Å². The van der Waals surface area contributed by atoms with Gasteiger partial charge in [0, 0.05) is 13.5 Å². The van der Waals surface area contributed by atoms with E-state index in [1.807, 2.05) is 12.1 Å². The molecule has 1 rings (SSSR count). The lowest BCUT2D eigenvalue weighted by molar-refractivity contribution is -0.119. The molecule has 1 N–H and O–H groups in total. The van der Waals surface area contributed by atoms with Crippen LogP contribution in [-0.4, -0.2) is 37.6 Å². The Balaban J connectivity index is 2.89. The van der Waals surface area contributed by atoms with Gasteiger partial charge in [0.05, 0.1) is 13.2 Å². The molecule has 0 bridgehead atoms. The van der Waals surface area contributed by atoms with Crippen LogP contribution in [0.25, 0.3) is 0 Å². The maximum absolute atomic E-state index is 11.1. The highest BCUT2D eigenvalue weighted by molar-refractivity contribution is 5.72. The van der Waals surface area contributed by atoms with Crippen molar-refractivity contribution in [1.29, 1.82) is 0 Å². The summed E-state index contributed by atoms with van der Waals surface area (Å²) in [6.07, 6.45) is 0. The summed E-state index contributed by atoms with van der Waals surface area (Å²) in [4.78, 5) is 13.5. The Morgan fingerprint density at radius 2 is 1.84 bits per heavy atom. The van der Waals surface area contributed by atoms with Crippen LogP contribution in [0.3, 0.4) is 0 Å². The van der Waals surface area contributed by atoms with Crippen LogP contribution in [-0.2, 0) is 4.79 Å². The number of nitrogens with zero attached hydrogens (tertiary/aromatic N) is 1. The Kier molecular flexibility index (Phi) is 6.36. The van der Waals surface area contributed by atoms with Gasteiger partial charge in [-0.05, 0) is 30.8 Å². The predicted octanol–water partition coefficient (Wildman–Crippen LogP) is 2.21. The topological polar surface area (TPSA) is 41.6 Å². The van der Waals surface area contributed by atoms with E-state index in [4.69, 9.17) is 4.74 Å². The van der Waals surface area contributed by atoms with Crippen molar-refractivity contribution in [1.82, 2.24) is 10.2 Å². The Hall–Kier alpha value is -1.55. The average Bonchev–Trinajstić information content (AvgIpc) is 2.43. The van der Waals surface area contributed by atoms with Crippen molar-refractivity contribution in [2.24, 2.45) is 0 Å². The third-order valence-corrected chi connectivity index (χ3v) is 3.30. The monoisotopic (exact) mass is 264 g/mol. The van der Waals surface area contributed by atoms with Gasteiger partial charge >= 0.3 is 0 Å². The van der Waals surface area contributed by atoms with E-state index < -0.39 is 0 Å². The molecule has 0 aliphatic carbocycles. The summed E-state index contributed by atoms with van der Waals surface area (Å²) >= 11 is 0. The fourth-order valence-corrected chi connectivity index (χ4v) is 2.19. The number of ether oxygens (including phenoxy) is 1. The number of amides is 1. The summed E-state index contributed by atoms with van der Waals surface area (Å²) in [5.74, 6) is 0.854. The highest BCUT2D eigenvalue weighted by Gasteiger charge is 2.18. The standard InChI is InChI=1S/C15H24N2O2/c1-5-17(6-2)15(11-16-12(3)18)13-7-9-14(19-4)10-8-13/h7-10,15H,5-6,11H2,1-4H3,(H,16,18). The first kappa shape index (κ1) is 15.5. The maximum Gasteiger partial charge on any atom is 0.216 e. The zero-order valence-corrected chi connectivity index (χ0v) is 12.3. The number of methoxy groups -OCH3 is 1. The van der Waals surface area contributed by atoms with Crippen LogP contribution in [0.2, 0.25) is 0 Å². The summed E-state index contributed by atoms with van der Waals surface area (Å²) < 4.78 is 5.18. The van der Waals surface area contributed by atoms with Crippen LogP contribution in [0.5, 0.6) is 5.75 Å². The fourth-order valence-electron chi connectivity index (χ4n) is 2.19. The molecule has 0 radical (unpaired) electrons. The molecular weight excluding hydrogens is 240 g/mol. The number of carbonyl (C=O) groups is 1. The molecule has 1 aromatic rings. The first-order valence-electron chi connectivity index (χ1n) is 6.74. The molecule has 1 amide bonds. The third kappa shape index (κ3) is 4.56. The Morgan fingerprint density at radius 3 is 2.26 bits per heavy atom.